The highest BCUT2D eigenvalue weighted by Gasteiger charge is 2.30. The number of nitriles is 6. The Bertz CT molecular complexity index is 2110. The molecule has 0 spiro atoms. The third-order valence-corrected chi connectivity index (χ3v) is 8.21. The molecule has 0 amide bonds. The highest BCUT2D eigenvalue weighted by Crippen LogP contribution is 2.42. The molecule has 0 N–H and O–H groups in total. The fraction of sp³-hybridized carbons (Fsp3) is 0.200. The molecule has 1 aliphatic rings. The number of nitrogens with zero attached hydrogens (tertiary/aromatic N) is 10. The van der Waals surface area contributed by atoms with Crippen LogP contribution in [0.25, 0.3) is 34.4 Å². The minimum absolute atomic E-state index is 0.129. The number of anilines is 2. The molecule has 252 valence electrons. The molecule has 0 bridgehead atoms. The van der Waals surface area contributed by atoms with Gasteiger partial charge >= 0.3 is 0 Å². The molecule has 0 radical (unpaired) electrons. The van der Waals surface area contributed by atoms with Crippen LogP contribution >= 0.6 is 0 Å². The summed E-state index contributed by atoms with van der Waals surface area (Å²) < 4.78 is 11.8. The number of benzene rings is 2. The van der Waals surface area contributed by atoms with Gasteiger partial charge in [-0.05, 0) is 37.1 Å². The van der Waals surface area contributed by atoms with Gasteiger partial charge in [0, 0.05) is 48.4 Å². The molecule has 0 saturated carbocycles. The Morgan fingerprint density at radius 1 is 0.596 bits per heavy atom. The van der Waals surface area contributed by atoms with Gasteiger partial charge in [-0.25, -0.2) is 0 Å². The van der Waals surface area contributed by atoms with Gasteiger partial charge in [0.15, 0.2) is 0 Å². The summed E-state index contributed by atoms with van der Waals surface area (Å²) >= 11 is 0. The Labute approximate surface area is 301 Å². The number of hydrogen-bond donors (Lipinski definition) is 0. The zero-order valence-corrected chi connectivity index (χ0v) is 28.5. The monoisotopic (exact) mass is 682 g/mol. The first-order valence-corrected chi connectivity index (χ1v) is 16.3. The van der Waals surface area contributed by atoms with Crippen LogP contribution < -0.4 is 19.3 Å². The van der Waals surface area contributed by atoms with Crippen molar-refractivity contribution in [1.29, 1.82) is 31.6 Å². The predicted octanol–water partition coefficient (Wildman–Crippen LogP) is 6.54. The largest absolute Gasteiger partial charge is 0.477 e. The van der Waals surface area contributed by atoms with E-state index in [-0.39, 0.29) is 47.2 Å². The summed E-state index contributed by atoms with van der Waals surface area (Å²) in [5, 5.41) is 59.6. The zero-order chi connectivity index (χ0) is 37.0. The van der Waals surface area contributed by atoms with Crippen LogP contribution in [0.1, 0.15) is 36.1 Å². The number of piperazine rings is 1. The topological polar surface area (TPSA) is 193 Å². The smallest absolute Gasteiger partial charge is 0.234 e. The van der Waals surface area contributed by atoms with E-state index in [2.05, 4.69) is 12.1 Å². The molecule has 2 aromatic heterocycles. The molecule has 1 fully saturated rings. The van der Waals surface area contributed by atoms with Gasteiger partial charge in [-0.2, -0.15) is 41.5 Å². The quantitative estimate of drug-likeness (QED) is 0.164. The van der Waals surface area contributed by atoms with Gasteiger partial charge in [0.2, 0.25) is 11.8 Å². The Morgan fingerprint density at radius 2 is 0.942 bits per heavy atom. The lowest BCUT2D eigenvalue weighted by Gasteiger charge is -2.38. The third-order valence-electron chi connectivity index (χ3n) is 8.21. The van der Waals surface area contributed by atoms with Crippen LogP contribution in [-0.2, 0) is 0 Å². The molecular weight excluding hydrogens is 653 g/mol. The number of aromatic nitrogens is 2. The second-order valence-corrected chi connectivity index (χ2v) is 11.2. The first-order chi connectivity index (χ1) is 25.5. The van der Waals surface area contributed by atoms with Crippen molar-refractivity contribution in [2.45, 2.75) is 13.8 Å². The SMILES string of the molecule is CCOc1nc(N2CCN(c3nc(OCC)c(C#N)c(-c4ccccc4)c3C=C(C#N)C#N)CC2)c(C=C(C#N)C#N)c(-c2ccccc2)c1C#N. The summed E-state index contributed by atoms with van der Waals surface area (Å²) in [6.45, 7) is 5.56. The standard InChI is InChI=1S/C40H30N10O2/c1-3-51-39-33(25-45)35(29-11-7-5-8-12-29)31(19-27(21-41)22-42)37(47-39)49-15-17-50(18-16-49)38-32(20-28(23-43)24-44)36(30-13-9-6-10-14-30)34(26-46)40(48-38)52-4-2/h5-14,19-20H,3-4,15-18H2,1-2H3. The molecule has 0 aliphatic carbocycles. The van der Waals surface area contributed by atoms with E-state index in [0.29, 0.717) is 71.2 Å². The van der Waals surface area contributed by atoms with E-state index >= 15 is 0 Å². The molecule has 1 aliphatic heterocycles. The molecule has 5 rings (SSSR count). The Morgan fingerprint density at radius 3 is 1.23 bits per heavy atom. The lowest BCUT2D eigenvalue weighted by Crippen LogP contribution is -2.47. The van der Waals surface area contributed by atoms with E-state index in [1.165, 1.54) is 12.2 Å². The normalized spacial score (nSPS) is 11.7. The van der Waals surface area contributed by atoms with Crippen molar-refractivity contribution < 1.29 is 9.47 Å². The van der Waals surface area contributed by atoms with Gasteiger partial charge in [0.1, 0.15) is 70.3 Å². The molecule has 12 nitrogen and oxygen atoms in total. The summed E-state index contributed by atoms with van der Waals surface area (Å²) in [7, 11) is 0. The van der Waals surface area contributed by atoms with E-state index in [1.807, 2.05) is 94.7 Å². The summed E-state index contributed by atoms with van der Waals surface area (Å²) in [6.07, 6.45) is 2.90. The van der Waals surface area contributed by atoms with Crippen molar-refractivity contribution in [3.8, 4) is 70.4 Å². The number of ether oxygens (including phenoxy) is 2. The molecular formula is C40H30N10O2. The molecule has 12 heteroatoms. The number of pyridine rings is 2. The van der Waals surface area contributed by atoms with Crippen molar-refractivity contribution in [3.05, 3.63) is 94.1 Å². The van der Waals surface area contributed by atoms with Crippen LogP contribution in [0.2, 0.25) is 0 Å². The average Bonchev–Trinajstić information content (AvgIpc) is 3.19. The molecule has 0 atom stereocenters. The van der Waals surface area contributed by atoms with Crippen LogP contribution in [0.5, 0.6) is 11.8 Å². The maximum Gasteiger partial charge on any atom is 0.234 e. The highest BCUT2D eigenvalue weighted by molar-refractivity contribution is 5.90. The average molecular weight is 683 g/mol. The van der Waals surface area contributed by atoms with E-state index in [9.17, 15) is 31.6 Å². The number of hydrogen-bond acceptors (Lipinski definition) is 12. The van der Waals surface area contributed by atoms with Crippen molar-refractivity contribution in [2.24, 2.45) is 0 Å². The Kier molecular flexibility index (Phi) is 11.4. The van der Waals surface area contributed by atoms with Crippen LogP contribution in [0, 0.1) is 68.0 Å². The molecule has 0 unspecified atom stereocenters. The fourth-order valence-corrected chi connectivity index (χ4v) is 5.98. The van der Waals surface area contributed by atoms with Crippen LogP contribution in [0.4, 0.5) is 11.6 Å². The van der Waals surface area contributed by atoms with Gasteiger partial charge in [0.05, 0.1) is 13.2 Å². The van der Waals surface area contributed by atoms with Crippen molar-refractivity contribution in [1.82, 2.24) is 9.97 Å². The first-order valence-electron chi connectivity index (χ1n) is 16.3. The van der Waals surface area contributed by atoms with Gasteiger partial charge in [-0.1, -0.05) is 60.7 Å². The van der Waals surface area contributed by atoms with Crippen molar-refractivity contribution in [2.75, 3.05) is 49.2 Å². The summed E-state index contributed by atoms with van der Waals surface area (Å²) in [4.78, 5) is 13.6. The van der Waals surface area contributed by atoms with E-state index in [0.717, 1.165) is 0 Å². The van der Waals surface area contributed by atoms with Crippen LogP contribution in [0.15, 0.2) is 71.8 Å². The zero-order valence-electron chi connectivity index (χ0n) is 28.5. The second kappa shape index (κ2) is 16.6. The maximum absolute atomic E-state index is 10.3. The molecule has 3 heterocycles. The third kappa shape index (κ3) is 7.19. The fourth-order valence-electron chi connectivity index (χ4n) is 5.98. The summed E-state index contributed by atoms with van der Waals surface area (Å²) in [6, 6.07) is 30.6. The number of rotatable bonds is 10. The van der Waals surface area contributed by atoms with Crippen LogP contribution in [-0.4, -0.2) is 49.4 Å². The van der Waals surface area contributed by atoms with Crippen molar-refractivity contribution in [3.63, 3.8) is 0 Å². The van der Waals surface area contributed by atoms with Gasteiger partial charge in [0.25, 0.3) is 0 Å². The summed E-state index contributed by atoms with van der Waals surface area (Å²) in [5.41, 5.74) is 3.23. The predicted molar refractivity (Wildman–Crippen MR) is 194 cm³/mol. The van der Waals surface area contributed by atoms with E-state index in [1.54, 1.807) is 13.8 Å². The van der Waals surface area contributed by atoms with Crippen LogP contribution in [0.3, 0.4) is 0 Å². The number of allylic oxidation sites excluding steroid dienone is 2. The molecule has 1 saturated heterocycles. The van der Waals surface area contributed by atoms with Crippen molar-refractivity contribution >= 4 is 23.8 Å². The van der Waals surface area contributed by atoms with E-state index < -0.39 is 0 Å². The first kappa shape index (κ1) is 35.7. The Balaban J connectivity index is 1.69. The lowest BCUT2D eigenvalue weighted by molar-refractivity contribution is 0.325. The second-order valence-electron chi connectivity index (χ2n) is 11.2. The maximum atomic E-state index is 10.3. The van der Waals surface area contributed by atoms with Gasteiger partial charge in [-0.3, -0.25) is 0 Å². The molecule has 2 aromatic carbocycles. The lowest BCUT2D eigenvalue weighted by atomic mass is 9.93. The highest BCUT2D eigenvalue weighted by atomic mass is 16.5. The minimum atomic E-state index is -0.159. The molecule has 52 heavy (non-hydrogen) atoms. The summed E-state index contributed by atoms with van der Waals surface area (Å²) in [5.74, 6) is 1.11. The van der Waals surface area contributed by atoms with Gasteiger partial charge < -0.3 is 19.3 Å². The van der Waals surface area contributed by atoms with Gasteiger partial charge in [-0.15, -0.1) is 0 Å². The molecule has 4 aromatic rings. The minimum Gasteiger partial charge on any atom is -0.477 e. The Hall–Kier alpha value is -7.64. The van der Waals surface area contributed by atoms with E-state index in [4.69, 9.17) is 19.4 Å².